The van der Waals surface area contributed by atoms with Crippen molar-refractivity contribution in [2.24, 2.45) is 0 Å². The van der Waals surface area contributed by atoms with Gasteiger partial charge in [-0.2, -0.15) is 0 Å². The second-order valence-corrected chi connectivity index (χ2v) is 8.94. The average molecular weight is 489 g/mol. The third kappa shape index (κ3) is 4.93. The molecule has 2 aromatic carbocycles. The van der Waals surface area contributed by atoms with E-state index in [0.717, 1.165) is 22.0 Å². The van der Waals surface area contributed by atoms with Crippen LogP contribution in [-0.4, -0.2) is 41.7 Å². The number of aliphatic hydroxyl groups is 1. The zero-order chi connectivity index (χ0) is 25.9. The third-order valence-corrected chi connectivity index (χ3v) is 6.43. The molecule has 2 heterocycles. The number of fused-ring (bicyclic) bond motifs is 1. The first kappa shape index (κ1) is 25.3. The monoisotopic (exact) mass is 488 g/mol. The molecule has 36 heavy (non-hydrogen) atoms. The molecule has 0 aliphatic carbocycles. The number of hydrogen-bond donors (Lipinski definition) is 2. The summed E-state index contributed by atoms with van der Waals surface area (Å²) in [6.45, 7) is 6.11. The van der Waals surface area contributed by atoms with Crippen molar-refractivity contribution < 1.29 is 24.1 Å². The molecule has 4 rings (SSSR count). The predicted molar refractivity (Wildman–Crippen MR) is 140 cm³/mol. The Bertz CT molecular complexity index is 1390. The molecule has 2 aromatic heterocycles. The molecule has 0 aliphatic rings. The van der Waals surface area contributed by atoms with Crippen LogP contribution in [0.15, 0.2) is 54.7 Å². The molecule has 0 bridgehead atoms. The number of carbonyl (C=O) groups is 1. The van der Waals surface area contributed by atoms with Gasteiger partial charge in [-0.15, -0.1) is 0 Å². The van der Waals surface area contributed by atoms with Crippen molar-refractivity contribution >= 4 is 16.7 Å². The smallest absolute Gasteiger partial charge is 0.163 e. The SMILES string of the molecule is CCOc1ccc(C(=O)CCC(C)(O)c2ccc(OC)c(-c3c[nH]c4c(C)cccc34)n2)cc1OC. The highest BCUT2D eigenvalue weighted by Gasteiger charge is 2.28. The number of hydrogen-bond acceptors (Lipinski definition) is 6. The normalized spacial score (nSPS) is 12.8. The molecule has 2 N–H and O–H groups in total. The van der Waals surface area contributed by atoms with Crippen LogP contribution in [0.3, 0.4) is 0 Å². The Balaban J connectivity index is 1.59. The van der Waals surface area contributed by atoms with Crippen molar-refractivity contribution in [3.63, 3.8) is 0 Å². The Morgan fingerprint density at radius 1 is 1.06 bits per heavy atom. The van der Waals surface area contributed by atoms with Gasteiger partial charge in [0.15, 0.2) is 17.3 Å². The lowest BCUT2D eigenvalue weighted by atomic mass is 9.92. The fraction of sp³-hybridized carbons (Fsp3) is 0.310. The fourth-order valence-corrected chi connectivity index (χ4v) is 4.35. The number of ether oxygens (including phenoxy) is 3. The van der Waals surface area contributed by atoms with Gasteiger partial charge >= 0.3 is 0 Å². The van der Waals surface area contributed by atoms with Gasteiger partial charge in [0.05, 0.1) is 26.5 Å². The quantitative estimate of drug-likeness (QED) is 0.273. The van der Waals surface area contributed by atoms with Gasteiger partial charge in [-0.1, -0.05) is 18.2 Å². The van der Waals surface area contributed by atoms with Crippen LogP contribution in [0.1, 0.15) is 48.3 Å². The zero-order valence-electron chi connectivity index (χ0n) is 21.3. The highest BCUT2D eigenvalue weighted by molar-refractivity contribution is 5.98. The maximum Gasteiger partial charge on any atom is 0.163 e. The molecule has 0 saturated heterocycles. The lowest BCUT2D eigenvalue weighted by Gasteiger charge is -2.23. The minimum atomic E-state index is -1.33. The Morgan fingerprint density at radius 2 is 1.81 bits per heavy atom. The molecule has 7 heteroatoms. The van der Waals surface area contributed by atoms with E-state index >= 15 is 0 Å². The number of nitrogens with one attached hydrogen (secondary N) is 1. The van der Waals surface area contributed by atoms with E-state index in [0.29, 0.717) is 40.8 Å². The zero-order valence-corrected chi connectivity index (χ0v) is 21.3. The van der Waals surface area contributed by atoms with E-state index in [4.69, 9.17) is 19.2 Å². The van der Waals surface area contributed by atoms with Crippen LogP contribution in [0, 0.1) is 6.92 Å². The molecule has 1 atom stereocenters. The number of para-hydroxylation sites is 1. The number of benzene rings is 2. The van der Waals surface area contributed by atoms with Gasteiger partial charge in [0.1, 0.15) is 17.0 Å². The summed E-state index contributed by atoms with van der Waals surface area (Å²) in [5.41, 5.74) is 3.33. The molecule has 0 fully saturated rings. The summed E-state index contributed by atoms with van der Waals surface area (Å²) in [6.07, 6.45) is 2.25. The van der Waals surface area contributed by atoms with Crippen LogP contribution >= 0.6 is 0 Å². The van der Waals surface area contributed by atoms with Crippen LogP contribution in [0.2, 0.25) is 0 Å². The number of nitrogens with zero attached hydrogens (tertiary/aromatic N) is 1. The van der Waals surface area contributed by atoms with Gasteiger partial charge in [-0.25, -0.2) is 4.98 Å². The van der Waals surface area contributed by atoms with Crippen LogP contribution in [0.25, 0.3) is 22.2 Å². The molecular formula is C29H32N2O5. The summed E-state index contributed by atoms with van der Waals surface area (Å²) in [5, 5.41) is 12.4. The highest BCUT2D eigenvalue weighted by Crippen LogP contribution is 2.37. The molecule has 0 spiro atoms. The predicted octanol–water partition coefficient (Wildman–Crippen LogP) is 5.82. The molecule has 0 aliphatic heterocycles. The van der Waals surface area contributed by atoms with E-state index in [1.165, 1.54) is 0 Å². The maximum absolute atomic E-state index is 12.9. The number of carbonyl (C=O) groups excluding carboxylic acids is 1. The average Bonchev–Trinajstić information content (AvgIpc) is 3.32. The lowest BCUT2D eigenvalue weighted by molar-refractivity contribution is 0.0397. The van der Waals surface area contributed by atoms with Crippen molar-refractivity contribution in [3.8, 4) is 28.5 Å². The van der Waals surface area contributed by atoms with Crippen molar-refractivity contribution in [2.45, 2.75) is 39.2 Å². The Kier molecular flexibility index (Phi) is 7.31. The van der Waals surface area contributed by atoms with Crippen molar-refractivity contribution in [2.75, 3.05) is 20.8 Å². The fourth-order valence-electron chi connectivity index (χ4n) is 4.35. The standard InChI is InChI=1S/C29H32N2O5/c1-6-36-23-11-10-19(16-25(23)35-5)22(32)14-15-29(3,33)26-13-12-24(34-4)28(31-26)21-17-30-27-18(2)8-7-9-20(21)27/h7-13,16-17,30,33H,6,14-15H2,1-5H3. The summed E-state index contributed by atoms with van der Waals surface area (Å²) < 4.78 is 16.5. The molecule has 0 saturated carbocycles. The van der Waals surface area contributed by atoms with Crippen LogP contribution < -0.4 is 14.2 Å². The Morgan fingerprint density at radius 3 is 2.53 bits per heavy atom. The van der Waals surface area contributed by atoms with Gasteiger partial charge in [-0.05, 0) is 63.1 Å². The summed E-state index contributed by atoms with van der Waals surface area (Å²) in [5.74, 6) is 1.60. The Hall–Kier alpha value is -3.84. The summed E-state index contributed by atoms with van der Waals surface area (Å²) in [4.78, 5) is 21.1. The number of aromatic nitrogens is 2. The van der Waals surface area contributed by atoms with Gasteiger partial charge in [0.25, 0.3) is 0 Å². The summed E-state index contributed by atoms with van der Waals surface area (Å²) in [6, 6.07) is 14.7. The third-order valence-electron chi connectivity index (χ3n) is 6.43. The Labute approximate surface area is 211 Å². The number of H-pyrrole nitrogens is 1. The molecular weight excluding hydrogens is 456 g/mol. The van der Waals surface area contributed by atoms with Gasteiger partial charge in [0, 0.05) is 34.6 Å². The van der Waals surface area contributed by atoms with E-state index in [1.807, 2.05) is 38.2 Å². The van der Waals surface area contributed by atoms with E-state index in [9.17, 15) is 9.90 Å². The summed E-state index contributed by atoms with van der Waals surface area (Å²) >= 11 is 0. The number of methoxy groups -OCH3 is 2. The minimum absolute atomic E-state index is 0.0996. The molecule has 7 nitrogen and oxygen atoms in total. The van der Waals surface area contributed by atoms with E-state index in [1.54, 1.807) is 51.5 Å². The first-order chi connectivity index (χ1) is 17.3. The van der Waals surface area contributed by atoms with Crippen molar-refractivity contribution in [1.29, 1.82) is 0 Å². The first-order valence-electron chi connectivity index (χ1n) is 12.0. The number of aryl methyl sites for hydroxylation is 1. The summed E-state index contributed by atoms with van der Waals surface area (Å²) in [7, 11) is 3.14. The molecule has 0 amide bonds. The van der Waals surface area contributed by atoms with E-state index < -0.39 is 5.60 Å². The molecule has 188 valence electrons. The van der Waals surface area contributed by atoms with Gasteiger partial charge in [-0.3, -0.25) is 4.79 Å². The topological polar surface area (TPSA) is 93.7 Å². The number of aromatic amines is 1. The lowest BCUT2D eigenvalue weighted by Crippen LogP contribution is -2.24. The number of pyridine rings is 1. The second kappa shape index (κ2) is 10.4. The van der Waals surface area contributed by atoms with Gasteiger partial charge in [0.2, 0.25) is 0 Å². The largest absolute Gasteiger partial charge is 0.494 e. The molecule has 4 aromatic rings. The second-order valence-electron chi connectivity index (χ2n) is 8.94. The van der Waals surface area contributed by atoms with Crippen LogP contribution in [-0.2, 0) is 5.60 Å². The van der Waals surface area contributed by atoms with E-state index in [2.05, 4.69) is 4.98 Å². The van der Waals surface area contributed by atoms with Crippen molar-refractivity contribution in [3.05, 3.63) is 71.5 Å². The van der Waals surface area contributed by atoms with Crippen LogP contribution in [0.5, 0.6) is 17.2 Å². The van der Waals surface area contributed by atoms with Crippen molar-refractivity contribution in [1.82, 2.24) is 9.97 Å². The number of rotatable bonds is 10. The number of Topliss-reactive ketones (excluding diaryl/α,β-unsaturated/α-hetero) is 1. The van der Waals surface area contributed by atoms with Crippen LogP contribution in [0.4, 0.5) is 0 Å². The highest BCUT2D eigenvalue weighted by atomic mass is 16.5. The molecule has 0 radical (unpaired) electrons. The molecule has 1 unspecified atom stereocenters. The van der Waals surface area contributed by atoms with E-state index in [-0.39, 0.29) is 18.6 Å². The van der Waals surface area contributed by atoms with Gasteiger partial charge < -0.3 is 24.3 Å². The maximum atomic E-state index is 12.9. The minimum Gasteiger partial charge on any atom is -0.494 e. The first-order valence-corrected chi connectivity index (χ1v) is 12.0. The number of ketones is 1.